The SMILES string of the molecule is CCC(CC)C(=O)N=C1S[C@@H]2CS(=O)(=O)C[C@@H]2N1Cc1ccc(C)cc1. The van der Waals surface area contributed by atoms with E-state index in [4.69, 9.17) is 0 Å². The molecule has 0 bridgehead atoms. The van der Waals surface area contributed by atoms with Gasteiger partial charge in [-0.2, -0.15) is 4.99 Å². The summed E-state index contributed by atoms with van der Waals surface area (Å²) in [5.74, 6) is 0.169. The first-order chi connectivity index (χ1) is 12.3. The first kappa shape index (κ1) is 19.4. The minimum Gasteiger partial charge on any atom is -0.342 e. The lowest BCUT2D eigenvalue weighted by Crippen LogP contribution is -2.37. The quantitative estimate of drug-likeness (QED) is 0.768. The van der Waals surface area contributed by atoms with Gasteiger partial charge in [-0.3, -0.25) is 4.79 Å². The highest BCUT2D eigenvalue weighted by Crippen LogP contribution is 2.39. The number of aryl methyl sites for hydroxylation is 1. The van der Waals surface area contributed by atoms with Crippen molar-refractivity contribution in [3.63, 3.8) is 0 Å². The number of hydrogen-bond donors (Lipinski definition) is 0. The van der Waals surface area contributed by atoms with Gasteiger partial charge in [-0.15, -0.1) is 0 Å². The van der Waals surface area contributed by atoms with Gasteiger partial charge in [0.2, 0.25) is 0 Å². The summed E-state index contributed by atoms with van der Waals surface area (Å²) < 4.78 is 24.1. The second-order valence-corrected chi connectivity index (χ2v) is 10.5. The van der Waals surface area contributed by atoms with Crippen molar-refractivity contribution in [3.8, 4) is 0 Å². The molecule has 1 aromatic rings. The third-order valence-electron chi connectivity index (χ3n) is 5.19. The standard InChI is InChI=1S/C19H26N2O3S2/c1-4-15(5-2)18(22)20-19-21(10-14-8-6-13(3)7-9-14)16-11-26(23,24)12-17(16)25-19/h6-9,15-17H,4-5,10-12H2,1-3H3/t16-,17+/m0/s1. The molecule has 2 fully saturated rings. The highest BCUT2D eigenvalue weighted by atomic mass is 32.2. The van der Waals surface area contributed by atoms with Crippen LogP contribution in [-0.2, 0) is 21.2 Å². The molecule has 2 saturated heterocycles. The van der Waals surface area contributed by atoms with E-state index in [2.05, 4.69) is 17.1 Å². The number of carbonyl (C=O) groups is 1. The van der Waals surface area contributed by atoms with Crippen molar-refractivity contribution in [1.29, 1.82) is 0 Å². The summed E-state index contributed by atoms with van der Waals surface area (Å²) in [6, 6.07) is 8.11. The number of fused-ring (bicyclic) bond motifs is 1. The Balaban J connectivity index is 1.88. The number of sulfone groups is 1. The maximum atomic E-state index is 12.5. The van der Waals surface area contributed by atoms with Gasteiger partial charge < -0.3 is 4.90 Å². The van der Waals surface area contributed by atoms with E-state index in [1.165, 1.54) is 17.3 Å². The Morgan fingerprint density at radius 3 is 2.50 bits per heavy atom. The Kier molecular flexibility index (Phi) is 5.77. The number of amidine groups is 1. The van der Waals surface area contributed by atoms with Gasteiger partial charge in [0, 0.05) is 17.7 Å². The van der Waals surface area contributed by atoms with Crippen LogP contribution in [0.4, 0.5) is 0 Å². The Hall–Kier alpha value is -1.34. The van der Waals surface area contributed by atoms with Crippen LogP contribution in [0, 0.1) is 12.8 Å². The zero-order chi connectivity index (χ0) is 18.9. The van der Waals surface area contributed by atoms with E-state index in [1.54, 1.807) is 0 Å². The first-order valence-electron chi connectivity index (χ1n) is 9.14. The van der Waals surface area contributed by atoms with Gasteiger partial charge in [-0.25, -0.2) is 8.42 Å². The Morgan fingerprint density at radius 2 is 1.88 bits per heavy atom. The van der Waals surface area contributed by atoms with Crippen LogP contribution in [-0.4, -0.2) is 47.2 Å². The molecular weight excluding hydrogens is 368 g/mol. The van der Waals surface area contributed by atoms with Crippen LogP contribution in [0.1, 0.15) is 37.8 Å². The Bertz CT molecular complexity index is 799. The highest BCUT2D eigenvalue weighted by Gasteiger charge is 2.48. The number of carbonyl (C=O) groups excluding carboxylic acids is 1. The van der Waals surface area contributed by atoms with Crippen LogP contribution < -0.4 is 0 Å². The van der Waals surface area contributed by atoms with Crippen molar-refractivity contribution in [2.45, 2.75) is 51.4 Å². The fourth-order valence-electron chi connectivity index (χ4n) is 3.53. The van der Waals surface area contributed by atoms with Crippen LogP contribution in [0.5, 0.6) is 0 Å². The molecule has 1 aromatic carbocycles. The van der Waals surface area contributed by atoms with Gasteiger partial charge >= 0.3 is 0 Å². The van der Waals surface area contributed by atoms with E-state index in [-0.39, 0.29) is 34.6 Å². The summed E-state index contributed by atoms with van der Waals surface area (Å²) in [5, 5.41) is 0.658. The number of thioether (sulfide) groups is 1. The number of benzene rings is 1. The first-order valence-corrected chi connectivity index (χ1v) is 11.8. The topological polar surface area (TPSA) is 66.8 Å². The summed E-state index contributed by atoms with van der Waals surface area (Å²) in [5.41, 5.74) is 2.28. The molecule has 7 heteroatoms. The summed E-state index contributed by atoms with van der Waals surface area (Å²) in [4.78, 5) is 19.0. The van der Waals surface area contributed by atoms with Gasteiger partial charge in [-0.1, -0.05) is 55.4 Å². The lowest BCUT2D eigenvalue weighted by molar-refractivity contribution is -0.121. The van der Waals surface area contributed by atoms with E-state index in [0.29, 0.717) is 11.7 Å². The van der Waals surface area contributed by atoms with E-state index in [0.717, 1.165) is 18.4 Å². The molecule has 2 atom stereocenters. The van der Waals surface area contributed by atoms with Crippen molar-refractivity contribution in [2.75, 3.05) is 11.5 Å². The summed E-state index contributed by atoms with van der Waals surface area (Å²) >= 11 is 1.46. The number of hydrogen-bond acceptors (Lipinski definition) is 4. The molecule has 26 heavy (non-hydrogen) atoms. The Morgan fingerprint density at radius 1 is 1.23 bits per heavy atom. The number of amides is 1. The molecule has 0 saturated carbocycles. The second kappa shape index (κ2) is 7.72. The molecule has 0 radical (unpaired) electrons. The minimum atomic E-state index is -3.02. The highest BCUT2D eigenvalue weighted by molar-refractivity contribution is 8.15. The lowest BCUT2D eigenvalue weighted by Gasteiger charge is -2.24. The molecule has 2 heterocycles. The van der Waals surface area contributed by atoms with Crippen molar-refractivity contribution >= 4 is 32.7 Å². The molecule has 0 spiro atoms. The van der Waals surface area contributed by atoms with E-state index < -0.39 is 9.84 Å². The zero-order valence-electron chi connectivity index (χ0n) is 15.5. The van der Waals surface area contributed by atoms with Crippen molar-refractivity contribution in [2.24, 2.45) is 10.9 Å². The predicted octanol–water partition coefficient (Wildman–Crippen LogP) is 3.03. The van der Waals surface area contributed by atoms with Crippen LogP contribution in [0.15, 0.2) is 29.3 Å². The normalized spacial score (nSPS) is 25.8. The molecule has 0 aliphatic carbocycles. The molecular formula is C19H26N2O3S2. The monoisotopic (exact) mass is 394 g/mol. The molecule has 0 unspecified atom stereocenters. The van der Waals surface area contributed by atoms with Crippen LogP contribution in [0.25, 0.3) is 0 Å². The smallest absolute Gasteiger partial charge is 0.251 e. The van der Waals surface area contributed by atoms with Crippen molar-refractivity contribution in [3.05, 3.63) is 35.4 Å². The average molecular weight is 395 g/mol. The lowest BCUT2D eigenvalue weighted by atomic mass is 10.0. The maximum absolute atomic E-state index is 12.5. The fourth-order valence-corrected chi connectivity index (χ4v) is 7.49. The van der Waals surface area contributed by atoms with E-state index in [9.17, 15) is 13.2 Å². The van der Waals surface area contributed by atoms with Crippen LogP contribution in [0.2, 0.25) is 0 Å². The number of rotatable bonds is 5. The predicted molar refractivity (Wildman–Crippen MR) is 107 cm³/mol. The van der Waals surface area contributed by atoms with Gasteiger partial charge in [0.1, 0.15) is 0 Å². The molecule has 0 aromatic heterocycles. The second-order valence-electron chi connectivity index (χ2n) is 7.16. The van der Waals surface area contributed by atoms with Gasteiger partial charge in [-0.05, 0) is 25.3 Å². The fraction of sp³-hybridized carbons (Fsp3) is 0.579. The van der Waals surface area contributed by atoms with Crippen LogP contribution >= 0.6 is 11.8 Å². The summed E-state index contributed by atoms with van der Waals surface area (Å²) in [6.07, 6.45) is 1.55. The number of aliphatic imine (C=N–C) groups is 1. The van der Waals surface area contributed by atoms with Crippen LogP contribution in [0.3, 0.4) is 0 Å². The molecule has 142 valence electrons. The van der Waals surface area contributed by atoms with Crippen molar-refractivity contribution < 1.29 is 13.2 Å². The van der Waals surface area contributed by atoms with Gasteiger partial charge in [0.25, 0.3) is 5.91 Å². The zero-order valence-corrected chi connectivity index (χ0v) is 17.1. The van der Waals surface area contributed by atoms with Gasteiger partial charge in [0.15, 0.2) is 15.0 Å². The Labute approximate surface area is 160 Å². The van der Waals surface area contributed by atoms with Gasteiger partial charge in [0.05, 0.1) is 17.5 Å². The molecule has 1 amide bonds. The third kappa shape index (κ3) is 4.14. The average Bonchev–Trinajstić information content (AvgIpc) is 3.03. The molecule has 0 N–H and O–H groups in total. The number of nitrogens with zero attached hydrogens (tertiary/aromatic N) is 2. The van der Waals surface area contributed by atoms with Crippen molar-refractivity contribution in [1.82, 2.24) is 4.90 Å². The molecule has 2 aliphatic rings. The van der Waals surface area contributed by atoms with E-state index >= 15 is 0 Å². The minimum absolute atomic E-state index is 0.0290. The molecule has 2 aliphatic heterocycles. The molecule has 3 rings (SSSR count). The largest absolute Gasteiger partial charge is 0.342 e. The van der Waals surface area contributed by atoms with E-state index in [1.807, 2.05) is 37.8 Å². The summed E-state index contributed by atoms with van der Waals surface area (Å²) in [7, 11) is -3.02. The summed E-state index contributed by atoms with van der Waals surface area (Å²) in [6.45, 7) is 6.62. The maximum Gasteiger partial charge on any atom is 0.251 e. The molecule has 5 nitrogen and oxygen atoms in total. The third-order valence-corrected chi connectivity index (χ3v) is 8.44.